The van der Waals surface area contributed by atoms with E-state index < -0.39 is 11.4 Å². The van der Waals surface area contributed by atoms with Gasteiger partial charge in [0.25, 0.3) is 0 Å². The fourth-order valence-corrected chi connectivity index (χ4v) is 3.49. The molecule has 0 aromatic heterocycles. The first kappa shape index (κ1) is 9.69. The second-order valence-electron chi connectivity index (χ2n) is 5.04. The van der Waals surface area contributed by atoms with Crippen molar-refractivity contribution in [3.8, 4) is 0 Å². The van der Waals surface area contributed by atoms with Crippen LogP contribution in [-0.4, -0.2) is 23.8 Å². The Hall–Kier alpha value is -0.860. The molecule has 0 radical (unpaired) electrons. The number of nitrogens with zero attached hydrogens (tertiary/aromatic N) is 1. The van der Waals surface area contributed by atoms with E-state index in [0.29, 0.717) is 5.92 Å². The van der Waals surface area contributed by atoms with Crippen LogP contribution in [0, 0.1) is 16.7 Å². The van der Waals surface area contributed by atoms with Crippen LogP contribution in [-0.2, 0) is 4.79 Å². The molecule has 2 fully saturated rings. The fraction of sp³-hybridized carbons (Fsp3) is 0.818. The van der Waals surface area contributed by atoms with E-state index in [1.54, 1.807) is 7.05 Å². The Morgan fingerprint density at radius 2 is 2.21 bits per heavy atom. The molecule has 3 heteroatoms. The van der Waals surface area contributed by atoms with Gasteiger partial charge in [0.05, 0.1) is 0 Å². The largest absolute Gasteiger partial charge is 0.481 e. The third kappa shape index (κ3) is 0.787. The van der Waals surface area contributed by atoms with Gasteiger partial charge in [-0.25, -0.2) is 0 Å². The summed E-state index contributed by atoms with van der Waals surface area (Å²) in [6, 6.07) is 0. The van der Waals surface area contributed by atoms with Gasteiger partial charge in [-0.05, 0) is 30.6 Å². The van der Waals surface area contributed by atoms with E-state index >= 15 is 0 Å². The van der Waals surface area contributed by atoms with Gasteiger partial charge in [0.15, 0.2) is 0 Å². The molecule has 2 aliphatic carbocycles. The summed E-state index contributed by atoms with van der Waals surface area (Å²) in [5.74, 6) is -0.166. The highest BCUT2D eigenvalue weighted by molar-refractivity contribution is 6.09. The van der Waals surface area contributed by atoms with Gasteiger partial charge < -0.3 is 5.11 Å². The molecule has 2 bridgehead atoms. The summed E-state index contributed by atoms with van der Waals surface area (Å²) >= 11 is 0. The minimum atomic E-state index is -0.678. The minimum absolute atomic E-state index is 0.117. The molecule has 1 N–H and O–H groups in total. The van der Waals surface area contributed by atoms with Crippen LogP contribution in [0.3, 0.4) is 0 Å². The fourth-order valence-electron chi connectivity index (χ4n) is 3.49. The topological polar surface area (TPSA) is 49.7 Å². The molecule has 78 valence electrons. The molecule has 0 aliphatic heterocycles. The van der Waals surface area contributed by atoms with Crippen LogP contribution in [0.1, 0.15) is 33.1 Å². The predicted molar refractivity (Wildman–Crippen MR) is 54.5 cm³/mol. The molecule has 2 rings (SSSR count). The molecular formula is C11H17NO2. The number of aliphatic imine (C=N–C) groups is 1. The number of carbonyl (C=O) groups is 1. The zero-order chi connectivity index (χ0) is 10.6. The maximum absolute atomic E-state index is 11.5. The summed E-state index contributed by atoms with van der Waals surface area (Å²) in [7, 11) is 1.72. The van der Waals surface area contributed by atoms with Gasteiger partial charge in [-0.3, -0.25) is 9.79 Å². The average Bonchev–Trinajstić information content (AvgIpc) is 2.51. The summed E-state index contributed by atoms with van der Waals surface area (Å²) in [5, 5.41) is 9.45. The van der Waals surface area contributed by atoms with E-state index in [4.69, 9.17) is 0 Å². The number of aliphatic carboxylic acids is 1. The maximum atomic E-state index is 11.5. The molecule has 2 aliphatic rings. The van der Waals surface area contributed by atoms with Crippen molar-refractivity contribution in [2.75, 3.05) is 7.05 Å². The first-order valence-corrected chi connectivity index (χ1v) is 5.16. The standard InChI is InChI=1S/C11H17NO2/c1-10(2)7-4-5-11(10,9(13)14)8(6-7)12-3/h7H,4-6H2,1-3H3,(H,13,14). The van der Waals surface area contributed by atoms with Gasteiger partial charge >= 0.3 is 5.97 Å². The monoisotopic (exact) mass is 195 g/mol. The number of hydrogen-bond donors (Lipinski definition) is 1. The van der Waals surface area contributed by atoms with Gasteiger partial charge in [-0.2, -0.15) is 0 Å². The van der Waals surface area contributed by atoms with Gasteiger partial charge in [0, 0.05) is 12.8 Å². The normalized spacial score (nSPS) is 41.9. The molecule has 14 heavy (non-hydrogen) atoms. The third-order valence-corrected chi connectivity index (χ3v) is 4.56. The Balaban J connectivity index is 2.57. The van der Waals surface area contributed by atoms with E-state index in [1.165, 1.54) is 0 Å². The highest BCUT2D eigenvalue weighted by Gasteiger charge is 2.66. The van der Waals surface area contributed by atoms with Crippen LogP contribution in [0.25, 0.3) is 0 Å². The molecule has 0 aromatic carbocycles. The lowest BCUT2D eigenvalue weighted by Crippen LogP contribution is -2.43. The van der Waals surface area contributed by atoms with Crippen molar-refractivity contribution in [1.29, 1.82) is 0 Å². The molecular weight excluding hydrogens is 178 g/mol. The first-order valence-electron chi connectivity index (χ1n) is 5.16. The molecule has 0 spiro atoms. The Morgan fingerprint density at radius 3 is 2.57 bits per heavy atom. The number of fused-ring (bicyclic) bond motifs is 2. The van der Waals surface area contributed by atoms with E-state index in [9.17, 15) is 9.90 Å². The van der Waals surface area contributed by atoms with Crippen molar-refractivity contribution < 1.29 is 9.90 Å². The van der Waals surface area contributed by atoms with Crippen molar-refractivity contribution in [2.45, 2.75) is 33.1 Å². The van der Waals surface area contributed by atoms with Crippen LogP contribution in [0.15, 0.2) is 4.99 Å². The first-order chi connectivity index (χ1) is 6.46. The Labute approximate surface area is 84.2 Å². The van der Waals surface area contributed by atoms with Crippen LogP contribution in [0.2, 0.25) is 0 Å². The average molecular weight is 195 g/mol. The molecule has 0 amide bonds. The zero-order valence-electron chi connectivity index (χ0n) is 9.00. The van der Waals surface area contributed by atoms with E-state index in [0.717, 1.165) is 25.0 Å². The van der Waals surface area contributed by atoms with E-state index in [1.807, 2.05) is 0 Å². The van der Waals surface area contributed by atoms with E-state index in [-0.39, 0.29) is 5.41 Å². The van der Waals surface area contributed by atoms with Crippen LogP contribution in [0.5, 0.6) is 0 Å². The van der Waals surface area contributed by atoms with Crippen LogP contribution < -0.4 is 0 Å². The van der Waals surface area contributed by atoms with Crippen LogP contribution >= 0.6 is 0 Å². The molecule has 2 atom stereocenters. The second kappa shape index (κ2) is 2.59. The molecule has 3 nitrogen and oxygen atoms in total. The lowest BCUT2D eigenvalue weighted by atomic mass is 9.68. The molecule has 0 saturated heterocycles. The molecule has 2 unspecified atom stereocenters. The zero-order valence-corrected chi connectivity index (χ0v) is 9.00. The highest BCUT2D eigenvalue weighted by atomic mass is 16.4. The molecule has 0 heterocycles. The van der Waals surface area contributed by atoms with Crippen molar-refractivity contribution in [3.05, 3.63) is 0 Å². The quantitative estimate of drug-likeness (QED) is 0.695. The van der Waals surface area contributed by atoms with E-state index in [2.05, 4.69) is 18.8 Å². The lowest BCUT2D eigenvalue weighted by molar-refractivity contribution is -0.148. The Kier molecular flexibility index (Phi) is 1.79. The van der Waals surface area contributed by atoms with Gasteiger partial charge in [0.1, 0.15) is 5.41 Å². The van der Waals surface area contributed by atoms with Crippen molar-refractivity contribution >= 4 is 11.7 Å². The smallest absolute Gasteiger partial charge is 0.315 e. The van der Waals surface area contributed by atoms with Crippen molar-refractivity contribution in [1.82, 2.24) is 0 Å². The summed E-state index contributed by atoms with van der Waals surface area (Å²) < 4.78 is 0. The Bertz CT molecular complexity index is 319. The van der Waals surface area contributed by atoms with Gasteiger partial charge in [-0.1, -0.05) is 13.8 Å². The summed E-state index contributed by atoms with van der Waals surface area (Å²) in [6.07, 6.45) is 2.70. The third-order valence-electron chi connectivity index (χ3n) is 4.56. The van der Waals surface area contributed by atoms with Gasteiger partial charge in [0.2, 0.25) is 0 Å². The second-order valence-corrected chi connectivity index (χ2v) is 5.04. The van der Waals surface area contributed by atoms with Crippen molar-refractivity contribution in [3.63, 3.8) is 0 Å². The number of hydrogen-bond acceptors (Lipinski definition) is 2. The minimum Gasteiger partial charge on any atom is -0.481 e. The molecule has 0 aromatic rings. The predicted octanol–water partition coefficient (Wildman–Crippen LogP) is 1.97. The summed E-state index contributed by atoms with van der Waals surface area (Å²) in [6.45, 7) is 4.16. The lowest BCUT2D eigenvalue weighted by Gasteiger charge is -2.33. The maximum Gasteiger partial charge on any atom is 0.315 e. The number of rotatable bonds is 1. The SMILES string of the molecule is CN=C1CC2CCC1(C(=O)O)C2(C)C. The number of carboxylic acid groups (broad SMARTS) is 1. The summed E-state index contributed by atoms with van der Waals surface area (Å²) in [5.41, 5.74) is 0.131. The molecule has 2 saturated carbocycles. The van der Waals surface area contributed by atoms with Crippen LogP contribution in [0.4, 0.5) is 0 Å². The van der Waals surface area contributed by atoms with Gasteiger partial charge in [-0.15, -0.1) is 0 Å². The van der Waals surface area contributed by atoms with Crippen molar-refractivity contribution in [2.24, 2.45) is 21.7 Å². The Morgan fingerprint density at radius 1 is 1.57 bits per heavy atom. The number of carboxylic acids is 1. The highest BCUT2D eigenvalue weighted by Crippen LogP contribution is 2.64. The summed E-state index contributed by atoms with van der Waals surface area (Å²) in [4.78, 5) is 15.7.